The Morgan fingerprint density at radius 3 is 2.57 bits per heavy atom. The van der Waals surface area contributed by atoms with Gasteiger partial charge in [-0.15, -0.1) is 23.7 Å². The number of unbranched alkanes of at least 4 members (excludes halogenated alkanes) is 1. The first-order valence-electron chi connectivity index (χ1n) is 12.8. The topological polar surface area (TPSA) is 48.5 Å². The summed E-state index contributed by atoms with van der Waals surface area (Å²) in [4.78, 5) is 22.4. The van der Waals surface area contributed by atoms with Gasteiger partial charge in [0.2, 0.25) is 0 Å². The van der Waals surface area contributed by atoms with Crippen LogP contribution in [-0.2, 0) is 0 Å². The molecule has 1 N–H and O–H groups in total. The Morgan fingerprint density at radius 1 is 0.865 bits per heavy atom. The summed E-state index contributed by atoms with van der Waals surface area (Å²) in [5.74, 6) is 0.0180. The molecule has 190 valence electrons. The van der Waals surface area contributed by atoms with Crippen LogP contribution in [0.15, 0.2) is 79.0 Å². The highest BCUT2D eigenvalue weighted by Crippen LogP contribution is 2.34. The molecule has 0 aliphatic carbocycles. The van der Waals surface area contributed by atoms with Crippen LogP contribution in [0.1, 0.15) is 23.2 Å². The summed E-state index contributed by atoms with van der Waals surface area (Å²) in [6.45, 7) is 5.94. The van der Waals surface area contributed by atoms with Gasteiger partial charge < -0.3 is 10.2 Å². The minimum absolute atomic E-state index is 0. The molecule has 0 bridgehead atoms. The molecule has 0 unspecified atom stereocenters. The van der Waals surface area contributed by atoms with Crippen LogP contribution in [-0.4, -0.2) is 55.1 Å². The molecule has 1 saturated heterocycles. The zero-order valence-corrected chi connectivity index (χ0v) is 22.4. The molecule has 37 heavy (non-hydrogen) atoms. The molecular weight excluding hydrogens is 500 g/mol. The van der Waals surface area contributed by atoms with E-state index in [0.29, 0.717) is 6.54 Å². The molecule has 3 aromatic carbocycles. The van der Waals surface area contributed by atoms with Crippen molar-refractivity contribution in [3.63, 3.8) is 0 Å². The summed E-state index contributed by atoms with van der Waals surface area (Å²) < 4.78 is 2.49. The Morgan fingerprint density at radius 2 is 1.68 bits per heavy atom. The maximum Gasteiger partial charge on any atom is 0.251 e. The average molecular weight is 531 g/mol. The normalized spacial score (nSPS) is 14.2. The molecular formula is C30H31ClN4OS. The number of para-hydroxylation sites is 1. The second-order valence-electron chi connectivity index (χ2n) is 9.45. The molecule has 1 aliphatic rings. The number of anilines is 1. The van der Waals surface area contributed by atoms with Gasteiger partial charge in [0.05, 0.1) is 11.2 Å². The van der Waals surface area contributed by atoms with E-state index in [4.69, 9.17) is 0 Å². The molecule has 6 rings (SSSR count). The minimum atomic E-state index is 0. The van der Waals surface area contributed by atoms with Crippen molar-refractivity contribution in [2.45, 2.75) is 12.8 Å². The van der Waals surface area contributed by atoms with Crippen LogP contribution in [0.5, 0.6) is 0 Å². The van der Waals surface area contributed by atoms with Gasteiger partial charge >= 0.3 is 0 Å². The van der Waals surface area contributed by atoms with E-state index in [1.54, 1.807) is 11.3 Å². The zero-order valence-electron chi connectivity index (χ0n) is 20.7. The van der Waals surface area contributed by atoms with Crippen LogP contribution in [0.3, 0.4) is 0 Å². The average Bonchev–Trinajstić information content (AvgIpc) is 3.31. The van der Waals surface area contributed by atoms with Crippen molar-refractivity contribution in [3.05, 3.63) is 84.6 Å². The Bertz CT molecular complexity index is 1520. The summed E-state index contributed by atoms with van der Waals surface area (Å²) in [5, 5.41) is 6.71. The number of carbonyl (C=O) groups excluding carboxylic acids is 1. The number of pyridine rings is 1. The van der Waals surface area contributed by atoms with Crippen LogP contribution < -0.4 is 10.2 Å². The fraction of sp³-hybridized carbons (Fsp3) is 0.267. The highest BCUT2D eigenvalue weighted by molar-refractivity contribution is 7.25. The van der Waals surface area contributed by atoms with E-state index in [9.17, 15) is 4.79 Å². The van der Waals surface area contributed by atoms with Gasteiger partial charge in [-0.05, 0) is 55.8 Å². The molecule has 7 heteroatoms. The third-order valence-corrected chi connectivity index (χ3v) is 8.30. The van der Waals surface area contributed by atoms with Crippen LogP contribution in [0, 0.1) is 0 Å². The number of carbonyl (C=O) groups is 1. The molecule has 0 saturated carbocycles. The monoisotopic (exact) mass is 530 g/mol. The molecule has 1 aliphatic heterocycles. The number of piperazine rings is 1. The summed E-state index contributed by atoms with van der Waals surface area (Å²) in [5.41, 5.74) is 3.07. The van der Waals surface area contributed by atoms with Gasteiger partial charge in [-0.2, -0.15) is 0 Å². The van der Waals surface area contributed by atoms with Gasteiger partial charge in [-0.25, -0.2) is 0 Å². The second-order valence-corrected chi connectivity index (χ2v) is 10.5. The standard InChI is InChI=1S/C30H30N4OS.ClH/c35-30(23-12-13-28-25(21-23)24-9-1-2-11-27(24)36-28)32-14-3-4-16-33-17-19-34(20-18-33)26-10-5-7-22-8-6-15-31-29(22)26;/h1-2,5-13,15,21H,3-4,14,16-20H2,(H,32,35);1H. The van der Waals surface area contributed by atoms with Crippen molar-refractivity contribution >= 4 is 66.4 Å². The number of nitrogens with one attached hydrogen (secondary N) is 1. The molecule has 0 radical (unpaired) electrons. The van der Waals surface area contributed by atoms with E-state index in [2.05, 4.69) is 74.7 Å². The van der Waals surface area contributed by atoms with Crippen LogP contribution in [0.25, 0.3) is 31.1 Å². The molecule has 1 amide bonds. The third kappa shape index (κ3) is 5.42. The fourth-order valence-electron chi connectivity index (χ4n) is 5.19. The lowest BCUT2D eigenvalue weighted by Crippen LogP contribution is -2.46. The molecule has 2 aromatic heterocycles. The molecule has 0 atom stereocenters. The number of benzene rings is 3. The zero-order chi connectivity index (χ0) is 24.3. The lowest BCUT2D eigenvalue weighted by atomic mass is 10.1. The van der Waals surface area contributed by atoms with E-state index in [1.165, 1.54) is 31.2 Å². The van der Waals surface area contributed by atoms with Gasteiger partial charge in [-0.3, -0.25) is 14.7 Å². The summed E-state index contributed by atoms with van der Waals surface area (Å²) in [6, 6.07) is 25.0. The molecule has 1 fully saturated rings. The number of halogens is 1. The maximum atomic E-state index is 12.7. The summed E-state index contributed by atoms with van der Waals surface area (Å²) in [6.07, 6.45) is 3.95. The van der Waals surface area contributed by atoms with Crippen molar-refractivity contribution in [2.24, 2.45) is 0 Å². The molecule has 3 heterocycles. The number of amides is 1. The number of rotatable bonds is 7. The lowest BCUT2D eigenvalue weighted by Gasteiger charge is -2.36. The Kier molecular flexibility index (Phi) is 7.89. The van der Waals surface area contributed by atoms with Gasteiger partial charge in [0.25, 0.3) is 5.91 Å². The SMILES string of the molecule is Cl.O=C(NCCCCN1CCN(c2cccc3cccnc23)CC1)c1ccc2sc3ccccc3c2c1. The predicted molar refractivity (Wildman–Crippen MR) is 159 cm³/mol. The smallest absolute Gasteiger partial charge is 0.251 e. The van der Waals surface area contributed by atoms with Gasteiger partial charge in [-0.1, -0.05) is 36.4 Å². The maximum absolute atomic E-state index is 12.7. The second kappa shape index (κ2) is 11.5. The van der Waals surface area contributed by atoms with Crippen molar-refractivity contribution in [2.75, 3.05) is 44.2 Å². The van der Waals surface area contributed by atoms with Crippen molar-refractivity contribution < 1.29 is 4.79 Å². The number of aromatic nitrogens is 1. The van der Waals surface area contributed by atoms with Crippen molar-refractivity contribution in [1.29, 1.82) is 0 Å². The summed E-state index contributed by atoms with van der Waals surface area (Å²) in [7, 11) is 0. The predicted octanol–water partition coefficient (Wildman–Crippen LogP) is 6.36. The highest BCUT2D eigenvalue weighted by Gasteiger charge is 2.18. The van der Waals surface area contributed by atoms with E-state index in [1.807, 2.05) is 24.4 Å². The number of fused-ring (bicyclic) bond motifs is 4. The number of nitrogens with zero attached hydrogens (tertiary/aromatic N) is 3. The number of hydrogen-bond acceptors (Lipinski definition) is 5. The van der Waals surface area contributed by atoms with E-state index >= 15 is 0 Å². The van der Waals surface area contributed by atoms with Crippen LogP contribution in [0.2, 0.25) is 0 Å². The van der Waals surface area contributed by atoms with Gasteiger partial charge in [0, 0.05) is 70.0 Å². The van der Waals surface area contributed by atoms with Gasteiger partial charge in [0.1, 0.15) is 0 Å². The Hall–Kier alpha value is -3.19. The molecule has 5 aromatic rings. The van der Waals surface area contributed by atoms with Gasteiger partial charge in [0.15, 0.2) is 0 Å². The third-order valence-electron chi connectivity index (χ3n) is 7.15. The van der Waals surface area contributed by atoms with E-state index < -0.39 is 0 Å². The highest BCUT2D eigenvalue weighted by atomic mass is 35.5. The Balaban J connectivity index is 0.00000280. The first-order chi connectivity index (χ1) is 17.8. The van der Waals surface area contributed by atoms with E-state index in [-0.39, 0.29) is 18.3 Å². The number of hydrogen-bond donors (Lipinski definition) is 1. The Labute approximate surface area is 227 Å². The van der Waals surface area contributed by atoms with Crippen molar-refractivity contribution in [3.8, 4) is 0 Å². The lowest BCUT2D eigenvalue weighted by molar-refractivity contribution is 0.0952. The quantitative estimate of drug-likeness (QED) is 0.249. The largest absolute Gasteiger partial charge is 0.367 e. The molecule has 5 nitrogen and oxygen atoms in total. The minimum Gasteiger partial charge on any atom is -0.367 e. The first kappa shape index (κ1) is 25.5. The molecule has 0 spiro atoms. The first-order valence-corrected chi connectivity index (χ1v) is 13.6. The summed E-state index contributed by atoms with van der Waals surface area (Å²) >= 11 is 1.78. The van der Waals surface area contributed by atoms with E-state index in [0.717, 1.165) is 56.6 Å². The fourth-order valence-corrected chi connectivity index (χ4v) is 6.27. The van der Waals surface area contributed by atoms with Crippen LogP contribution in [0.4, 0.5) is 5.69 Å². The van der Waals surface area contributed by atoms with Crippen LogP contribution >= 0.6 is 23.7 Å². The van der Waals surface area contributed by atoms with Crippen molar-refractivity contribution in [1.82, 2.24) is 15.2 Å². The number of thiophene rings is 1.